The van der Waals surface area contributed by atoms with E-state index in [1.807, 2.05) is 12.8 Å². The van der Waals surface area contributed by atoms with E-state index in [2.05, 4.69) is 0 Å². The fraction of sp³-hybridized carbons (Fsp3) is 0.800. The minimum absolute atomic E-state index is 0.218. The van der Waals surface area contributed by atoms with Gasteiger partial charge in [0.05, 0.1) is 6.04 Å². The quantitative estimate of drug-likeness (QED) is 0.463. The van der Waals surface area contributed by atoms with Gasteiger partial charge >= 0.3 is 5.97 Å². The van der Waals surface area contributed by atoms with Gasteiger partial charge in [-0.25, -0.2) is 0 Å². The zero-order valence-electron chi connectivity index (χ0n) is 5.50. The number of rotatable bonds is 1. The van der Waals surface area contributed by atoms with Crippen LogP contribution in [0.25, 0.3) is 0 Å². The Morgan fingerprint density at radius 3 is 2.67 bits per heavy atom. The lowest BCUT2D eigenvalue weighted by molar-refractivity contribution is -0.140. The third-order valence-electron chi connectivity index (χ3n) is 1.81. The van der Waals surface area contributed by atoms with E-state index in [0.29, 0.717) is 0 Å². The normalized spacial score (nSPS) is 28.7. The second kappa shape index (κ2) is 2.39. The van der Waals surface area contributed by atoms with Gasteiger partial charge in [-0.15, -0.1) is 0 Å². The Morgan fingerprint density at radius 1 is 1.78 bits per heavy atom. The molecule has 0 bridgehead atoms. The van der Waals surface area contributed by atoms with Crippen molar-refractivity contribution in [1.82, 2.24) is 4.81 Å². The van der Waals surface area contributed by atoms with Crippen LogP contribution in [-0.4, -0.2) is 36.5 Å². The van der Waals surface area contributed by atoms with Crippen LogP contribution < -0.4 is 0 Å². The summed E-state index contributed by atoms with van der Waals surface area (Å²) < 4.78 is 0. The lowest BCUT2D eigenvalue weighted by Gasteiger charge is -2.13. The molecule has 4 heteroatoms. The van der Waals surface area contributed by atoms with Crippen LogP contribution >= 0.6 is 0 Å². The zero-order valence-corrected chi connectivity index (χ0v) is 5.50. The molecule has 1 atom stereocenters. The Balaban J connectivity index is 2.49. The molecular formula is C5H10BNO2. The molecule has 0 aliphatic carbocycles. The second-order valence-corrected chi connectivity index (χ2v) is 2.48. The number of aliphatic carboxylic acids is 1. The monoisotopic (exact) mass is 127 g/mol. The first-order valence-corrected chi connectivity index (χ1v) is 3.15. The van der Waals surface area contributed by atoms with Crippen LogP contribution in [-0.2, 0) is 4.79 Å². The summed E-state index contributed by atoms with van der Waals surface area (Å²) in [5.41, 5.74) is 0. The minimum Gasteiger partial charge on any atom is -0.480 e. The Bertz CT molecular complexity index is 128. The minimum atomic E-state index is -0.685. The van der Waals surface area contributed by atoms with Crippen molar-refractivity contribution >= 4 is 14.0 Å². The largest absolute Gasteiger partial charge is 0.480 e. The maximum absolute atomic E-state index is 10.4. The molecule has 1 heterocycles. The van der Waals surface area contributed by atoms with Crippen molar-refractivity contribution in [2.75, 3.05) is 6.54 Å². The topological polar surface area (TPSA) is 40.5 Å². The van der Waals surface area contributed by atoms with Gasteiger partial charge in [0.1, 0.15) is 0 Å². The third-order valence-corrected chi connectivity index (χ3v) is 1.81. The first-order chi connectivity index (χ1) is 4.22. The van der Waals surface area contributed by atoms with Crippen LogP contribution in [0.3, 0.4) is 0 Å². The van der Waals surface area contributed by atoms with E-state index in [-0.39, 0.29) is 6.04 Å². The lowest BCUT2D eigenvalue weighted by atomic mass is 10.2. The molecule has 0 saturated carbocycles. The molecule has 1 N–H and O–H groups in total. The van der Waals surface area contributed by atoms with Gasteiger partial charge in [-0.05, 0) is 19.4 Å². The van der Waals surface area contributed by atoms with Crippen molar-refractivity contribution in [1.29, 1.82) is 0 Å². The molecule has 0 amide bonds. The van der Waals surface area contributed by atoms with Gasteiger partial charge in [-0.2, -0.15) is 0 Å². The van der Waals surface area contributed by atoms with E-state index < -0.39 is 5.97 Å². The van der Waals surface area contributed by atoms with E-state index in [4.69, 9.17) is 5.11 Å². The van der Waals surface area contributed by atoms with E-state index in [1.54, 1.807) is 0 Å². The van der Waals surface area contributed by atoms with Crippen molar-refractivity contribution in [3.05, 3.63) is 0 Å². The molecule has 50 valence electrons. The summed E-state index contributed by atoms with van der Waals surface area (Å²) in [7, 11) is 1.85. The number of carboxylic acids is 1. The highest BCUT2D eigenvalue weighted by Gasteiger charge is 2.26. The molecule has 0 spiro atoms. The summed E-state index contributed by atoms with van der Waals surface area (Å²) in [5, 5.41) is 8.54. The standard InChI is InChI=1S/C5H10BNO2/c6-7-3-1-2-4(7)5(8)9/h4H,1-3,6H2,(H,8,9)/t4-/m0/s1. The summed E-state index contributed by atoms with van der Waals surface area (Å²) in [6, 6.07) is -0.218. The predicted octanol–water partition coefficient (Wildman–Crippen LogP) is -0.917. The average Bonchev–Trinajstić information content (AvgIpc) is 2.13. The summed E-state index contributed by atoms with van der Waals surface area (Å²) in [4.78, 5) is 12.2. The van der Waals surface area contributed by atoms with E-state index in [9.17, 15) is 4.79 Å². The summed E-state index contributed by atoms with van der Waals surface area (Å²) in [6.45, 7) is 0.928. The van der Waals surface area contributed by atoms with Gasteiger partial charge in [0, 0.05) is 0 Å². The van der Waals surface area contributed by atoms with Gasteiger partial charge in [-0.3, -0.25) is 4.79 Å². The highest BCUT2D eigenvalue weighted by atomic mass is 16.4. The highest BCUT2D eigenvalue weighted by molar-refractivity contribution is 6.06. The molecule has 1 aliphatic rings. The van der Waals surface area contributed by atoms with Crippen LogP contribution in [0.15, 0.2) is 0 Å². The number of nitrogens with zero attached hydrogens (tertiary/aromatic N) is 1. The van der Waals surface area contributed by atoms with Crippen molar-refractivity contribution in [2.24, 2.45) is 0 Å². The number of hydrogen-bond acceptors (Lipinski definition) is 2. The van der Waals surface area contributed by atoms with Gasteiger partial charge in [-0.1, -0.05) is 0 Å². The molecule has 3 nitrogen and oxygen atoms in total. The van der Waals surface area contributed by atoms with Crippen LogP contribution in [0.5, 0.6) is 0 Å². The molecule has 1 saturated heterocycles. The van der Waals surface area contributed by atoms with Crippen LogP contribution in [0, 0.1) is 0 Å². The van der Waals surface area contributed by atoms with Crippen LogP contribution in [0.1, 0.15) is 12.8 Å². The molecule has 9 heavy (non-hydrogen) atoms. The highest BCUT2D eigenvalue weighted by Crippen LogP contribution is 2.13. The molecule has 1 aliphatic heterocycles. The molecule has 1 rings (SSSR count). The van der Waals surface area contributed by atoms with Crippen molar-refractivity contribution in [3.63, 3.8) is 0 Å². The second-order valence-electron chi connectivity index (χ2n) is 2.48. The van der Waals surface area contributed by atoms with Crippen LogP contribution in [0.2, 0.25) is 0 Å². The van der Waals surface area contributed by atoms with Gasteiger partial charge in [0.2, 0.25) is 0 Å². The Morgan fingerprint density at radius 2 is 2.44 bits per heavy atom. The number of carbonyl (C=O) groups is 1. The molecule has 0 aromatic heterocycles. The van der Waals surface area contributed by atoms with E-state index in [1.165, 1.54) is 0 Å². The third kappa shape index (κ3) is 1.24. The maximum atomic E-state index is 10.4. The summed E-state index contributed by atoms with van der Waals surface area (Å²) >= 11 is 0. The first-order valence-electron chi connectivity index (χ1n) is 3.15. The van der Waals surface area contributed by atoms with E-state index in [0.717, 1.165) is 19.4 Å². The Kier molecular flexibility index (Phi) is 1.76. The fourth-order valence-corrected chi connectivity index (χ4v) is 1.22. The molecule has 1 fully saturated rings. The Labute approximate surface area is 55.1 Å². The van der Waals surface area contributed by atoms with E-state index >= 15 is 0 Å². The lowest BCUT2D eigenvalue weighted by Crippen LogP contribution is -2.33. The number of carboxylic acid groups (broad SMARTS) is 1. The molecule has 0 radical (unpaired) electrons. The fourth-order valence-electron chi connectivity index (χ4n) is 1.22. The molecule has 0 aromatic rings. The number of hydrogen-bond donors (Lipinski definition) is 1. The van der Waals surface area contributed by atoms with Crippen molar-refractivity contribution in [3.8, 4) is 0 Å². The smallest absolute Gasteiger partial charge is 0.319 e. The zero-order chi connectivity index (χ0) is 6.85. The maximum Gasteiger partial charge on any atom is 0.319 e. The Hall–Kier alpha value is -0.505. The van der Waals surface area contributed by atoms with Crippen LogP contribution in [0.4, 0.5) is 0 Å². The van der Waals surface area contributed by atoms with Crippen molar-refractivity contribution < 1.29 is 9.90 Å². The van der Waals surface area contributed by atoms with Gasteiger partial charge in [0.15, 0.2) is 7.98 Å². The van der Waals surface area contributed by atoms with Gasteiger partial charge < -0.3 is 9.92 Å². The first kappa shape index (κ1) is 6.61. The molecular weight excluding hydrogens is 117 g/mol. The predicted molar refractivity (Wildman–Crippen MR) is 35.9 cm³/mol. The summed E-state index contributed by atoms with van der Waals surface area (Å²) in [5.74, 6) is -0.685. The average molecular weight is 127 g/mol. The SMILES string of the molecule is BN1CCC[C@H]1C(=O)O. The molecule has 0 unspecified atom stereocenters. The van der Waals surface area contributed by atoms with Crippen molar-refractivity contribution in [2.45, 2.75) is 18.9 Å². The summed E-state index contributed by atoms with van der Waals surface area (Å²) in [6.07, 6.45) is 1.83. The molecule has 0 aromatic carbocycles. The van der Waals surface area contributed by atoms with Gasteiger partial charge in [0.25, 0.3) is 0 Å².